The summed E-state index contributed by atoms with van der Waals surface area (Å²) in [5.74, 6) is -2.20. The normalized spacial score (nSPS) is 11.4. The van der Waals surface area contributed by atoms with Gasteiger partial charge in [0, 0.05) is 31.6 Å². The fraction of sp³-hybridized carbons (Fsp3) is 0.314. The van der Waals surface area contributed by atoms with Crippen LogP contribution in [0.2, 0.25) is 0 Å². The number of amides is 5. The summed E-state index contributed by atoms with van der Waals surface area (Å²) in [6.45, 7) is 2.34. The zero-order valence-corrected chi connectivity index (χ0v) is 27.6. The van der Waals surface area contributed by atoms with Crippen molar-refractivity contribution in [2.24, 2.45) is 5.73 Å². The lowest BCUT2D eigenvalue weighted by atomic mass is 10.0. The van der Waals surface area contributed by atoms with Gasteiger partial charge in [-0.15, -0.1) is 0 Å². The number of aliphatic carboxylic acids is 1. The van der Waals surface area contributed by atoms with Crippen molar-refractivity contribution in [1.82, 2.24) is 20.8 Å². The molecule has 5 amide bonds. The Hall–Kier alpha value is -5.83. The van der Waals surface area contributed by atoms with Crippen molar-refractivity contribution in [2.75, 3.05) is 29.0 Å². The predicted molar refractivity (Wildman–Crippen MR) is 188 cm³/mol. The molecule has 3 aromatic carbocycles. The van der Waals surface area contributed by atoms with Crippen LogP contribution in [0.15, 0.2) is 60.7 Å². The highest BCUT2D eigenvalue weighted by molar-refractivity contribution is 6.07. The average Bonchev–Trinajstić information content (AvgIpc) is 3.49. The molecule has 1 atom stereocenters. The number of nitrogens with zero attached hydrogens (tertiary/aromatic N) is 1. The van der Waals surface area contributed by atoms with Crippen LogP contribution in [0.5, 0.6) is 0 Å². The van der Waals surface area contributed by atoms with Gasteiger partial charge in [0.05, 0.1) is 29.1 Å². The van der Waals surface area contributed by atoms with Crippen LogP contribution in [0.25, 0.3) is 22.0 Å². The number of carboxylic acid groups (broad SMARTS) is 1. The number of fused-ring (bicyclic) bond motifs is 1. The van der Waals surface area contributed by atoms with Crippen molar-refractivity contribution in [2.45, 2.75) is 57.9 Å². The minimum atomic E-state index is -1.03. The highest BCUT2D eigenvalue weighted by atomic mass is 19.1. The van der Waals surface area contributed by atoms with Crippen molar-refractivity contribution in [3.05, 3.63) is 72.0 Å². The maximum absolute atomic E-state index is 14.0. The van der Waals surface area contributed by atoms with Gasteiger partial charge in [-0.25, -0.2) is 9.18 Å². The number of carboxylic acids is 1. The lowest BCUT2D eigenvalue weighted by Crippen LogP contribution is -2.44. The molecule has 50 heavy (non-hydrogen) atoms. The number of urea groups is 1. The molecular formula is C35H41FN8O6. The number of aryl methyl sites for hydroxylation is 1. The molecule has 9 N–H and O–H groups in total. The molecule has 14 nitrogen and oxygen atoms in total. The minimum Gasteiger partial charge on any atom is -0.481 e. The summed E-state index contributed by atoms with van der Waals surface area (Å²) in [5.41, 5.74) is 9.52. The Balaban J connectivity index is 1.21. The molecule has 0 saturated heterocycles. The number of hydrogen-bond donors (Lipinski definition) is 8. The number of carbonyl (C=O) groups is 5. The molecule has 0 fully saturated rings. The van der Waals surface area contributed by atoms with E-state index >= 15 is 0 Å². The van der Waals surface area contributed by atoms with Crippen LogP contribution in [0.4, 0.5) is 26.4 Å². The van der Waals surface area contributed by atoms with E-state index in [-0.39, 0.29) is 49.7 Å². The maximum atomic E-state index is 14.0. The standard InChI is InChI=1S/C35H41FN8O6/c1-21-11-16-25(36)28(19-21)41-35(50)40-23-14-12-22(13-15-23)24-7-5-8-27-32(24)33(44-43-27)42-29(45)9-3-2-4-17-38-30(46)20-26(37)34(49)39-18-6-10-31(47)48/h5,7-8,11-16,19,26H,2-4,6,9-10,17-18,20,37H2,1H3,(H,38,46)(H,39,49)(H,47,48)(H2,40,41,50)(H2,42,43,44,45)/t26-/m0/s1. The molecule has 4 aromatic rings. The van der Waals surface area contributed by atoms with E-state index in [2.05, 4.69) is 36.8 Å². The van der Waals surface area contributed by atoms with Crippen molar-refractivity contribution in [1.29, 1.82) is 0 Å². The molecule has 15 heteroatoms. The third-order valence-corrected chi connectivity index (χ3v) is 7.68. The molecule has 0 aliphatic carbocycles. The van der Waals surface area contributed by atoms with Gasteiger partial charge in [0.15, 0.2) is 5.82 Å². The zero-order valence-electron chi connectivity index (χ0n) is 27.6. The summed E-state index contributed by atoms with van der Waals surface area (Å²) in [5, 5.41) is 29.9. The van der Waals surface area contributed by atoms with Gasteiger partial charge in [0.25, 0.3) is 0 Å². The SMILES string of the molecule is Cc1ccc(F)c(NC(=O)Nc2ccc(-c3cccc4[nH]nc(NC(=O)CCCCCNC(=O)C[C@H](N)C(=O)NCCCC(=O)O)c34)cc2)c1. The Morgan fingerprint density at radius 3 is 2.38 bits per heavy atom. The van der Waals surface area contributed by atoms with Gasteiger partial charge in [-0.1, -0.05) is 36.8 Å². The molecule has 0 bridgehead atoms. The van der Waals surface area contributed by atoms with E-state index in [1.54, 1.807) is 31.2 Å². The maximum Gasteiger partial charge on any atom is 0.323 e. The number of anilines is 3. The number of aromatic nitrogens is 2. The first-order valence-electron chi connectivity index (χ1n) is 16.2. The lowest BCUT2D eigenvalue weighted by Gasteiger charge is -2.12. The molecule has 4 rings (SSSR count). The number of halogens is 1. The van der Waals surface area contributed by atoms with Crippen LogP contribution in [-0.4, -0.2) is 64.2 Å². The highest BCUT2D eigenvalue weighted by Crippen LogP contribution is 2.33. The second kappa shape index (κ2) is 18.1. The Kier molecular flexibility index (Phi) is 13.4. The summed E-state index contributed by atoms with van der Waals surface area (Å²) in [6, 6.07) is 15.5. The van der Waals surface area contributed by atoms with Crippen molar-refractivity contribution < 1.29 is 33.5 Å². The number of H-pyrrole nitrogens is 1. The summed E-state index contributed by atoms with van der Waals surface area (Å²) >= 11 is 0. The number of aromatic amines is 1. The number of nitrogens with one attached hydrogen (secondary N) is 6. The van der Waals surface area contributed by atoms with Gasteiger partial charge >= 0.3 is 12.0 Å². The first kappa shape index (κ1) is 37.0. The quantitative estimate of drug-likeness (QED) is 0.0729. The Morgan fingerprint density at radius 1 is 0.860 bits per heavy atom. The molecule has 0 spiro atoms. The summed E-state index contributed by atoms with van der Waals surface area (Å²) in [7, 11) is 0. The fourth-order valence-corrected chi connectivity index (χ4v) is 5.11. The van der Waals surface area contributed by atoms with E-state index < -0.39 is 29.8 Å². The second-order valence-corrected chi connectivity index (χ2v) is 11.7. The van der Waals surface area contributed by atoms with Crippen molar-refractivity contribution >= 4 is 57.8 Å². The van der Waals surface area contributed by atoms with Gasteiger partial charge in [-0.2, -0.15) is 5.10 Å². The molecule has 0 radical (unpaired) electrons. The molecule has 0 unspecified atom stereocenters. The van der Waals surface area contributed by atoms with E-state index in [9.17, 15) is 28.4 Å². The van der Waals surface area contributed by atoms with Gasteiger partial charge < -0.3 is 37.4 Å². The third-order valence-electron chi connectivity index (χ3n) is 7.68. The second-order valence-electron chi connectivity index (χ2n) is 11.7. The highest BCUT2D eigenvalue weighted by Gasteiger charge is 2.18. The van der Waals surface area contributed by atoms with Crippen LogP contribution >= 0.6 is 0 Å². The smallest absolute Gasteiger partial charge is 0.323 e. The number of nitrogens with two attached hydrogens (primary N) is 1. The van der Waals surface area contributed by atoms with E-state index in [1.165, 1.54) is 6.07 Å². The number of benzene rings is 3. The van der Waals surface area contributed by atoms with Crippen LogP contribution in [0.3, 0.4) is 0 Å². The Morgan fingerprint density at radius 2 is 1.62 bits per heavy atom. The van der Waals surface area contributed by atoms with Crippen molar-refractivity contribution in [3.8, 4) is 11.1 Å². The van der Waals surface area contributed by atoms with E-state index in [1.807, 2.05) is 30.3 Å². The number of hydrogen-bond acceptors (Lipinski definition) is 7. The van der Waals surface area contributed by atoms with Crippen LogP contribution < -0.4 is 32.3 Å². The fourth-order valence-electron chi connectivity index (χ4n) is 5.11. The zero-order chi connectivity index (χ0) is 36.0. The summed E-state index contributed by atoms with van der Waals surface area (Å²) in [6.07, 6.45) is 2.13. The topological polar surface area (TPSA) is 220 Å². The monoisotopic (exact) mass is 688 g/mol. The van der Waals surface area contributed by atoms with Crippen LogP contribution in [0.1, 0.15) is 50.5 Å². The first-order chi connectivity index (χ1) is 24.0. The summed E-state index contributed by atoms with van der Waals surface area (Å²) < 4.78 is 14.0. The Labute approximate surface area is 287 Å². The number of unbranched alkanes of at least 4 members (excludes halogenated alkanes) is 2. The summed E-state index contributed by atoms with van der Waals surface area (Å²) in [4.78, 5) is 59.9. The third kappa shape index (κ3) is 11.1. The van der Waals surface area contributed by atoms with E-state index in [0.717, 1.165) is 27.6 Å². The average molecular weight is 689 g/mol. The number of carbonyl (C=O) groups excluding carboxylic acids is 4. The molecule has 1 heterocycles. The van der Waals surface area contributed by atoms with Crippen LogP contribution in [0, 0.1) is 12.7 Å². The predicted octanol–water partition coefficient (Wildman–Crippen LogP) is 4.63. The van der Waals surface area contributed by atoms with Crippen molar-refractivity contribution in [3.63, 3.8) is 0 Å². The molecular weight excluding hydrogens is 647 g/mol. The van der Waals surface area contributed by atoms with Crippen LogP contribution in [-0.2, 0) is 19.2 Å². The molecule has 0 saturated carbocycles. The molecule has 0 aliphatic heterocycles. The van der Waals surface area contributed by atoms with Gasteiger partial charge in [-0.05, 0) is 73.2 Å². The molecule has 264 valence electrons. The molecule has 0 aliphatic rings. The Bertz CT molecular complexity index is 1830. The van der Waals surface area contributed by atoms with Gasteiger partial charge in [-0.3, -0.25) is 24.3 Å². The largest absolute Gasteiger partial charge is 0.481 e. The van der Waals surface area contributed by atoms with E-state index in [0.29, 0.717) is 37.3 Å². The van der Waals surface area contributed by atoms with E-state index in [4.69, 9.17) is 10.8 Å². The lowest BCUT2D eigenvalue weighted by molar-refractivity contribution is -0.137. The number of rotatable bonds is 17. The van der Waals surface area contributed by atoms with Gasteiger partial charge in [0.2, 0.25) is 17.7 Å². The molecule has 1 aromatic heterocycles. The van der Waals surface area contributed by atoms with Gasteiger partial charge in [0.1, 0.15) is 5.82 Å². The first-order valence-corrected chi connectivity index (χ1v) is 16.2. The minimum absolute atomic E-state index is 0.0705.